The van der Waals surface area contributed by atoms with Crippen LogP contribution in [-0.2, 0) is 17.1 Å². The van der Waals surface area contributed by atoms with Crippen LogP contribution in [0.1, 0.15) is 17.5 Å². The van der Waals surface area contributed by atoms with Gasteiger partial charge in [-0.2, -0.15) is 0 Å². The van der Waals surface area contributed by atoms with Crippen LogP contribution in [-0.4, -0.2) is 20.6 Å². The van der Waals surface area contributed by atoms with E-state index < -0.39 is 5.97 Å². The lowest BCUT2D eigenvalue weighted by molar-refractivity contribution is -0.137. The number of carbonyl (C=O) groups is 1. The van der Waals surface area contributed by atoms with Gasteiger partial charge in [-0.1, -0.05) is 53.7 Å². The molecule has 128 valence electrons. The number of fused-ring (bicyclic) bond motifs is 1. The number of aryl methyl sites for hydroxylation is 1. The van der Waals surface area contributed by atoms with Gasteiger partial charge in [0.2, 0.25) is 0 Å². The number of carboxylic acid groups (broad SMARTS) is 1. The maximum Gasteiger partial charge on any atom is 0.305 e. The van der Waals surface area contributed by atoms with Crippen LogP contribution in [0.15, 0.2) is 58.5 Å². The van der Waals surface area contributed by atoms with Crippen molar-refractivity contribution in [3.8, 4) is 0 Å². The summed E-state index contributed by atoms with van der Waals surface area (Å²) in [6, 6.07) is 15.3. The van der Waals surface area contributed by atoms with Gasteiger partial charge in [-0.3, -0.25) is 14.2 Å². The van der Waals surface area contributed by atoms with Crippen LogP contribution in [0, 0.1) is 6.92 Å². The first-order chi connectivity index (χ1) is 12.0. The van der Waals surface area contributed by atoms with E-state index in [4.69, 9.17) is 5.11 Å². The van der Waals surface area contributed by atoms with E-state index in [-0.39, 0.29) is 18.5 Å². The van der Waals surface area contributed by atoms with Crippen LogP contribution < -0.4 is 5.56 Å². The number of thioether (sulfide) groups is 1. The molecule has 0 fully saturated rings. The molecule has 25 heavy (non-hydrogen) atoms. The lowest BCUT2D eigenvalue weighted by Gasteiger charge is -2.12. The Labute approximate surface area is 149 Å². The molecule has 1 aromatic heterocycles. The van der Waals surface area contributed by atoms with E-state index in [0.29, 0.717) is 21.8 Å². The number of rotatable bonds is 6. The molecular weight excluding hydrogens is 336 g/mol. The van der Waals surface area contributed by atoms with E-state index in [9.17, 15) is 9.59 Å². The molecule has 0 unspecified atom stereocenters. The molecule has 0 bridgehead atoms. The zero-order valence-corrected chi connectivity index (χ0v) is 14.6. The summed E-state index contributed by atoms with van der Waals surface area (Å²) in [7, 11) is 0. The van der Waals surface area contributed by atoms with Crippen LogP contribution in [0.4, 0.5) is 0 Å². The van der Waals surface area contributed by atoms with Gasteiger partial charge in [-0.05, 0) is 24.6 Å². The molecule has 2 aromatic carbocycles. The summed E-state index contributed by atoms with van der Waals surface area (Å²) in [6.07, 6.45) is -0.113. The standard InChI is InChI=1S/C19H18N2O3S/c1-13-5-4-6-14(11-13)12-25-19-20-16-8-3-2-7-15(16)18(24)21(19)10-9-17(22)23/h2-8,11H,9-10,12H2,1H3,(H,22,23). The van der Waals surface area contributed by atoms with Crippen molar-refractivity contribution in [2.24, 2.45) is 0 Å². The molecule has 0 saturated carbocycles. The van der Waals surface area contributed by atoms with Gasteiger partial charge in [0, 0.05) is 12.3 Å². The number of aromatic nitrogens is 2. The molecule has 0 aliphatic rings. The van der Waals surface area contributed by atoms with Gasteiger partial charge in [0.25, 0.3) is 5.56 Å². The van der Waals surface area contributed by atoms with E-state index in [0.717, 1.165) is 5.56 Å². The summed E-state index contributed by atoms with van der Waals surface area (Å²) in [5.41, 5.74) is 2.74. The molecule has 5 nitrogen and oxygen atoms in total. The number of hydrogen-bond donors (Lipinski definition) is 1. The molecule has 0 aliphatic heterocycles. The Balaban J connectivity index is 1.97. The Morgan fingerprint density at radius 2 is 2.00 bits per heavy atom. The van der Waals surface area contributed by atoms with Gasteiger partial charge in [-0.25, -0.2) is 4.98 Å². The van der Waals surface area contributed by atoms with Gasteiger partial charge in [0.1, 0.15) is 0 Å². The third-order valence-corrected chi connectivity index (χ3v) is 4.87. The molecule has 0 spiro atoms. The number of para-hydroxylation sites is 1. The highest BCUT2D eigenvalue weighted by Crippen LogP contribution is 2.22. The van der Waals surface area contributed by atoms with Gasteiger partial charge < -0.3 is 5.11 Å². The third-order valence-electron chi connectivity index (χ3n) is 3.83. The van der Waals surface area contributed by atoms with Gasteiger partial charge >= 0.3 is 5.97 Å². The minimum Gasteiger partial charge on any atom is -0.481 e. The third kappa shape index (κ3) is 4.09. The molecule has 3 aromatic rings. The van der Waals surface area contributed by atoms with Crippen molar-refractivity contribution in [1.29, 1.82) is 0 Å². The highest BCUT2D eigenvalue weighted by molar-refractivity contribution is 7.98. The second kappa shape index (κ2) is 7.53. The van der Waals surface area contributed by atoms with Gasteiger partial charge in [0.15, 0.2) is 5.16 Å². The maximum atomic E-state index is 12.7. The summed E-state index contributed by atoms with van der Waals surface area (Å²) < 4.78 is 1.47. The van der Waals surface area contributed by atoms with E-state index in [1.165, 1.54) is 21.9 Å². The van der Waals surface area contributed by atoms with Crippen LogP contribution in [0.2, 0.25) is 0 Å². The summed E-state index contributed by atoms with van der Waals surface area (Å²) in [5.74, 6) is -0.269. The molecular formula is C19H18N2O3S. The molecule has 0 radical (unpaired) electrons. The Morgan fingerprint density at radius 1 is 1.20 bits per heavy atom. The van der Waals surface area contributed by atoms with Crippen LogP contribution in [0.3, 0.4) is 0 Å². The molecule has 0 atom stereocenters. The monoisotopic (exact) mass is 354 g/mol. The fourth-order valence-corrected chi connectivity index (χ4v) is 3.58. The zero-order valence-electron chi connectivity index (χ0n) is 13.8. The molecule has 1 heterocycles. The van der Waals surface area contributed by atoms with Crippen LogP contribution in [0.25, 0.3) is 10.9 Å². The predicted molar refractivity (Wildman–Crippen MR) is 99.0 cm³/mol. The predicted octanol–water partition coefficient (Wildman–Crippen LogP) is 3.47. The minimum absolute atomic E-state index is 0.113. The van der Waals surface area contributed by atoms with Gasteiger partial charge in [0.05, 0.1) is 17.3 Å². The lowest BCUT2D eigenvalue weighted by atomic mass is 10.2. The quantitative estimate of drug-likeness (QED) is 0.542. The smallest absolute Gasteiger partial charge is 0.305 e. The summed E-state index contributed by atoms with van der Waals surface area (Å²) in [6.45, 7) is 2.15. The average molecular weight is 354 g/mol. The Morgan fingerprint density at radius 3 is 2.76 bits per heavy atom. The molecule has 1 N–H and O–H groups in total. The fraction of sp³-hybridized carbons (Fsp3) is 0.211. The van der Waals surface area contributed by atoms with Crippen molar-refractivity contribution < 1.29 is 9.90 Å². The SMILES string of the molecule is Cc1cccc(CSc2nc3ccccc3c(=O)n2CCC(=O)O)c1. The first-order valence-electron chi connectivity index (χ1n) is 7.94. The number of aliphatic carboxylic acids is 1. The second-order valence-corrected chi connectivity index (χ2v) is 6.73. The number of carboxylic acids is 1. The highest BCUT2D eigenvalue weighted by Gasteiger charge is 2.12. The van der Waals surface area contributed by atoms with Crippen LogP contribution in [0.5, 0.6) is 0 Å². The van der Waals surface area contributed by atoms with E-state index >= 15 is 0 Å². The molecule has 6 heteroatoms. The Kier molecular flexibility index (Phi) is 5.19. The Hall–Kier alpha value is -2.60. The van der Waals surface area contributed by atoms with E-state index in [1.54, 1.807) is 18.2 Å². The van der Waals surface area contributed by atoms with Crippen LogP contribution >= 0.6 is 11.8 Å². The topological polar surface area (TPSA) is 72.2 Å². The summed E-state index contributed by atoms with van der Waals surface area (Å²) >= 11 is 1.45. The molecule has 0 amide bonds. The van der Waals surface area contributed by atoms with Crippen molar-refractivity contribution in [2.45, 2.75) is 30.8 Å². The normalized spacial score (nSPS) is 10.9. The van der Waals surface area contributed by atoms with E-state index in [2.05, 4.69) is 11.1 Å². The molecule has 3 rings (SSSR count). The number of nitrogens with zero attached hydrogens (tertiary/aromatic N) is 2. The largest absolute Gasteiger partial charge is 0.481 e. The molecule has 0 saturated heterocycles. The number of hydrogen-bond acceptors (Lipinski definition) is 4. The summed E-state index contributed by atoms with van der Waals surface area (Å²) in [4.78, 5) is 28.3. The average Bonchev–Trinajstić information content (AvgIpc) is 2.59. The fourth-order valence-electron chi connectivity index (χ4n) is 2.61. The zero-order chi connectivity index (χ0) is 17.8. The first-order valence-corrected chi connectivity index (χ1v) is 8.93. The van der Waals surface area contributed by atoms with E-state index in [1.807, 2.05) is 31.2 Å². The van der Waals surface area contributed by atoms with Crippen molar-refractivity contribution in [3.05, 3.63) is 70.0 Å². The Bertz CT molecular complexity index is 982. The maximum absolute atomic E-state index is 12.7. The molecule has 0 aliphatic carbocycles. The highest BCUT2D eigenvalue weighted by atomic mass is 32.2. The van der Waals surface area contributed by atoms with Crippen molar-refractivity contribution >= 4 is 28.6 Å². The van der Waals surface area contributed by atoms with Crippen molar-refractivity contribution in [2.75, 3.05) is 0 Å². The first kappa shape index (κ1) is 17.2. The number of benzene rings is 2. The van der Waals surface area contributed by atoms with Gasteiger partial charge in [-0.15, -0.1) is 0 Å². The minimum atomic E-state index is -0.935. The van der Waals surface area contributed by atoms with Crippen molar-refractivity contribution in [1.82, 2.24) is 9.55 Å². The van der Waals surface area contributed by atoms with Crippen molar-refractivity contribution in [3.63, 3.8) is 0 Å². The second-order valence-electron chi connectivity index (χ2n) is 5.79. The summed E-state index contributed by atoms with van der Waals surface area (Å²) in [5, 5.41) is 10.0. The lowest BCUT2D eigenvalue weighted by Crippen LogP contribution is -2.24.